The van der Waals surface area contributed by atoms with Crippen LogP contribution in [0.25, 0.3) is 0 Å². The maximum absolute atomic E-state index is 5.25. The van der Waals surface area contributed by atoms with Crippen LogP contribution in [0.15, 0.2) is 0 Å². The summed E-state index contributed by atoms with van der Waals surface area (Å²) in [6, 6.07) is 1.37. The fraction of sp³-hybridized carbons (Fsp3) is 1.00. The normalized spacial score (nSPS) is 42.2. The van der Waals surface area contributed by atoms with Crippen LogP contribution in [0.5, 0.6) is 0 Å². The van der Waals surface area contributed by atoms with Gasteiger partial charge in [-0.25, -0.2) is 0 Å². The average molecular weight is 184 g/mol. The zero-order chi connectivity index (χ0) is 9.42. The summed E-state index contributed by atoms with van der Waals surface area (Å²) in [6.07, 6.45) is 0.544. The fourth-order valence-electron chi connectivity index (χ4n) is 2.12. The van der Waals surface area contributed by atoms with Crippen LogP contribution in [-0.4, -0.2) is 61.3 Å². The highest BCUT2D eigenvalue weighted by molar-refractivity contribution is 4.85. The Morgan fingerprint density at radius 1 is 1.23 bits per heavy atom. The van der Waals surface area contributed by atoms with Gasteiger partial charge >= 0.3 is 0 Å². The highest BCUT2D eigenvalue weighted by atomic mass is 16.6. The molecule has 0 aromatic rings. The average Bonchev–Trinajstić information content (AvgIpc) is 2.84. The molecule has 0 aliphatic carbocycles. The van der Waals surface area contributed by atoms with Crippen molar-refractivity contribution < 1.29 is 4.74 Å². The van der Waals surface area contributed by atoms with E-state index < -0.39 is 0 Å². The molecular weight excluding hydrogens is 164 g/mol. The van der Waals surface area contributed by atoms with E-state index in [2.05, 4.69) is 30.7 Å². The summed E-state index contributed by atoms with van der Waals surface area (Å²) >= 11 is 0. The van der Waals surface area contributed by atoms with E-state index in [0.717, 1.165) is 13.2 Å². The number of likely N-dealkylation sites (N-methyl/N-ethyl adjacent to an activating group) is 1. The van der Waals surface area contributed by atoms with Gasteiger partial charge < -0.3 is 4.74 Å². The molecule has 0 unspecified atom stereocenters. The van der Waals surface area contributed by atoms with Gasteiger partial charge in [0.15, 0.2) is 0 Å². The lowest BCUT2D eigenvalue weighted by atomic mass is 10.1. The van der Waals surface area contributed by atoms with Crippen LogP contribution in [0.2, 0.25) is 0 Å². The lowest BCUT2D eigenvalue weighted by Crippen LogP contribution is -2.55. The quantitative estimate of drug-likeness (QED) is 0.579. The minimum absolute atomic E-state index is 0.544. The first-order valence-corrected chi connectivity index (χ1v) is 5.22. The number of piperazine rings is 1. The van der Waals surface area contributed by atoms with Gasteiger partial charge in [0.05, 0.1) is 12.7 Å². The summed E-state index contributed by atoms with van der Waals surface area (Å²) in [6.45, 7) is 9.12. The zero-order valence-electron chi connectivity index (χ0n) is 8.86. The molecule has 2 rings (SSSR count). The van der Waals surface area contributed by atoms with Gasteiger partial charge in [0.2, 0.25) is 0 Å². The molecule has 0 bridgehead atoms. The van der Waals surface area contributed by atoms with Gasteiger partial charge in [0.1, 0.15) is 0 Å². The van der Waals surface area contributed by atoms with Gasteiger partial charge in [-0.3, -0.25) is 9.80 Å². The van der Waals surface area contributed by atoms with Crippen molar-refractivity contribution in [2.45, 2.75) is 32.0 Å². The highest BCUT2D eigenvalue weighted by Crippen LogP contribution is 2.17. The Kier molecular flexibility index (Phi) is 2.58. The predicted molar refractivity (Wildman–Crippen MR) is 52.9 cm³/mol. The van der Waals surface area contributed by atoms with E-state index in [0.29, 0.717) is 18.2 Å². The first kappa shape index (κ1) is 9.44. The fourth-order valence-corrected chi connectivity index (χ4v) is 2.12. The summed E-state index contributed by atoms with van der Waals surface area (Å²) in [5.74, 6) is 0. The van der Waals surface area contributed by atoms with Gasteiger partial charge in [-0.2, -0.15) is 0 Å². The van der Waals surface area contributed by atoms with E-state index in [-0.39, 0.29) is 0 Å². The third kappa shape index (κ3) is 2.22. The van der Waals surface area contributed by atoms with Crippen molar-refractivity contribution in [1.82, 2.24) is 9.80 Å². The summed E-state index contributed by atoms with van der Waals surface area (Å²) < 4.78 is 5.25. The molecule has 0 saturated carbocycles. The molecule has 2 aliphatic heterocycles. The van der Waals surface area contributed by atoms with Crippen LogP contribution in [0.4, 0.5) is 0 Å². The van der Waals surface area contributed by atoms with E-state index in [1.807, 2.05) is 0 Å². The number of epoxide rings is 1. The molecule has 2 saturated heterocycles. The summed E-state index contributed by atoms with van der Waals surface area (Å²) in [4.78, 5) is 5.00. The molecule has 2 heterocycles. The van der Waals surface area contributed by atoms with Crippen LogP contribution < -0.4 is 0 Å². The van der Waals surface area contributed by atoms with Crippen molar-refractivity contribution in [3.63, 3.8) is 0 Å². The molecule has 2 aliphatic rings. The molecule has 0 radical (unpaired) electrons. The van der Waals surface area contributed by atoms with Crippen molar-refractivity contribution in [3.05, 3.63) is 0 Å². The largest absolute Gasteiger partial charge is 0.372 e. The van der Waals surface area contributed by atoms with E-state index >= 15 is 0 Å². The van der Waals surface area contributed by atoms with Crippen molar-refractivity contribution in [2.24, 2.45) is 0 Å². The third-order valence-corrected chi connectivity index (χ3v) is 3.30. The Morgan fingerprint density at radius 3 is 2.23 bits per heavy atom. The molecule has 13 heavy (non-hydrogen) atoms. The van der Waals surface area contributed by atoms with E-state index in [9.17, 15) is 0 Å². The van der Waals surface area contributed by atoms with Crippen molar-refractivity contribution in [3.8, 4) is 0 Å². The van der Waals surface area contributed by atoms with Crippen molar-refractivity contribution in [2.75, 3.05) is 33.3 Å². The van der Waals surface area contributed by atoms with Gasteiger partial charge in [0.25, 0.3) is 0 Å². The Bertz CT molecular complexity index is 170. The molecule has 0 aromatic heterocycles. The van der Waals surface area contributed by atoms with Gasteiger partial charge in [0, 0.05) is 31.7 Å². The van der Waals surface area contributed by atoms with Crippen LogP contribution in [-0.2, 0) is 4.74 Å². The topological polar surface area (TPSA) is 19.0 Å². The molecule has 3 atom stereocenters. The Morgan fingerprint density at radius 2 is 1.77 bits per heavy atom. The number of ether oxygens (including phenoxy) is 1. The molecule has 3 nitrogen and oxygen atoms in total. The number of hydrogen-bond donors (Lipinski definition) is 0. The van der Waals surface area contributed by atoms with Crippen molar-refractivity contribution >= 4 is 0 Å². The number of rotatable bonds is 2. The zero-order valence-corrected chi connectivity index (χ0v) is 8.86. The second-order valence-electron chi connectivity index (χ2n) is 4.54. The van der Waals surface area contributed by atoms with Crippen LogP contribution in [0, 0.1) is 0 Å². The van der Waals surface area contributed by atoms with Gasteiger partial charge in [-0.1, -0.05) is 0 Å². The predicted octanol–water partition coefficient (Wildman–Crippen LogP) is 0.410. The smallest absolute Gasteiger partial charge is 0.0936 e. The van der Waals surface area contributed by atoms with E-state index in [1.54, 1.807) is 0 Å². The highest BCUT2D eigenvalue weighted by Gasteiger charge is 2.31. The lowest BCUT2D eigenvalue weighted by Gasteiger charge is -2.42. The Balaban J connectivity index is 1.84. The molecule has 0 amide bonds. The lowest BCUT2D eigenvalue weighted by molar-refractivity contribution is 0.0561. The summed E-state index contributed by atoms with van der Waals surface area (Å²) in [7, 11) is 2.22. The minimum Gasteiger partial charge on any atom is -0.372 e. The molecule has 0 aromatic carbocycles. The van der Waals surface area contributed by atoms with Gasteiger partial charge in [-0.05, 0) is 20.9 Å². The number of nitrogens with zero attached hydrogens (tertiary/aromatic N) is 2. The third-order valence-electron chi connectivity index (χ3n) is 3.30. The maximum Gasteiger partial charge on any atom is 0.0936 e. The first-order valence-electron chi connectivity index (χ1n) is 5.22. The SMILES string of the molecule is C[C@@H]1CN(C[C@@H]2CO2)C[C@H](C)N1C. The molecular formula is C10H20N2O. The van der Waals surface area contributed by atoms with E-state index in [1.165, 1.54) is 13.1 Å². The van der Waals surface area contributed by atoms with Crippen LogP contribution in [0.3, 0.4) is 0 Å². The molecule has 0 spiro atoms. The molecule has 3 heteroatoms. The summed E-state index contributed by atoms with van der Waals surface area (Å²) in [5, 5.41) is 0. The monoisotopic (exact) mass is 184 g/mol. The van der Waals surface area contributed by atoms with Crippen molar-refractivity contribution in [1.29, 1.82) is 0 Å². The van der Waals surface area contributed by atoms with Crippen LogP contribution >= 0.6 is 0 Å². The maximum atomic E-state index is 5.25. The van der Waals surface area contributed by atoms with Crippen LogP contribution in [0.1, 0.15) is 13.8 Å². The first-order chi connectivity index (χ1) is 6.16. The second-order valence-corrected chi connectivity index (χ2v) is 4.54. The van der Waals surface area contributed by atoms with Gasteiger partial charge in [-0.15, -0.1) is 0 Å². The Labute approximate surface area is 80.6 Å². The minimum atomic E-state index is 0.544. The molecule has 2 fully saturated rings. The Hall–Kier alpha value is -0.120. The molecule has 0 N–H and O–H groups in total. The standard InChI is InChI=1S/C10H20N2O/c1-8-4-12(6-10-7-13-10)5-9(2)11(8)3/h8-10H,4-7H2,1-3H3/t8-,9+,10-/m1/s1. The van der Waals surface area contributed by atoms with E-state index in [4.69, 9.17) is 4.74 Å². The summed E-state index contributed by atoms with van der Waals surface area (Å²) in [5.41, 5.74) is 0. The second kappa shape index (κ2) is 3.56. The number of hydrogen-bond acceptors (Lipinski definition) is 3. The molecule has 76 valence electrons.